The Labute approximate surface area is 57.3 Å². The molecule has 1 rings (SSSR count). The molecular weight excluding hydrogens is 108 g/mol. The van der Waals surface area contributed by atoms with Crippen LogP contribution in [0.3, 0.4) is 0 Å². The third-order valence-electron chi connectivity index (χ3n) is 1.77. The van der Waals surface area contributed by atoms with E-state index in [1.807, 2.05) is 0 Å². The topological polar surface area (TPSA) is 0 Å². The Balaban J connectivity index is 2.24. The van der Waals surface area contributed by atoms with Crippen LogP contribution in [0.1, 0.15) is 20.3 Å². The molecule has 0 amide bonds. The summed E-state index contributed by atoms with van der Waals surface area (Å²) in [4.78, 5) is 0. The molecule has 1 aliphatic rings. The van der Waals surface area contributed by atoms with Gasteiger partial charge in [-0.2, -0.15) is 0 Å². The maximum absolute atomic E-state index is 2.30. The van der Waals surface area contributed by atoms with Crippen molar-refractivity contribution in [1.82, 2.24) is 0 Å². The summed E-state index contributed by atoms with van der Waals surface area (Å²) in [6.45, 7) is 4.18. The van der Waals surface area contributed by atoms with E-state index in [2.05, 4.69) is 38.2 Å². The molecular formula is C9H14. The van der Waals surface area contributed by atoms with Crippen LogP contribution in [-0.4, -0.2) is 0 Å². The van der Waals surface area contributed by atoms with Crippen molar-refractivity contribution in [1.29, 1.82) is 0 Å². The Hall–Kier alpha value is -0.520. The Morgan fingerprint density at radius 1 is 1.00 bits per heavy atom. The average molecular weight is 122 g/mol. The van der Waals surface area contributed by atoms with E-state index >= 15 is 0 Å². The van der Waals surface area contributed by atoms with Gasteiger partial charge in [0.2, 0.25) is 0 Å². The Morgan fingerprint density at radius 3 is 1.78 bits per heavy atom. The predicted molar refractivity (Wildman–Crippen MR) is 41.2 cm³/mol. The standard InChI is InChI=1S/C9H14/c1-3-5-8-7-9(8)6-4-2/h3-6,8-9H,7H2,1-2H3/b5-3+,6-4+/t8-,9-/m0/s1. The van der Waals surface area contributed by atoms with E-state index in [9.17, 15) is 0 Å². The molecule has 0 bridgehead atoms. The zero-order chi connectivity index (χ0) is 6.69. The third kappa shape index (κ3) is 1.70. The van der Waals surface area contributed by atoms with Crippen LogP contribution in [-0.2, 0) is 0 Å². The Bertz CT molecular complexity index is 115. The van der Waals surface area contributed by atoms with Gasteiger partial charge in [-0.05, 0) is 32.1 Å². The van der Waals surface area contributed by atoms with Crippen molar-refractivity contribution >= 4 is 0 Å². The van der Waals surface area contributed by atoms with Crippen LogP contribution < -0.4 is 0 Å². The zero-order valence-corrected chi connectivity index (χ0v) is 6.17. The summed E-state index contributed by atoms with van der Waals surface area (Å²) in [6.07, 6.45) is 10.3. The van der Waals surface area contributed by atoms with E-state index in [0.717, 1.165) is 11.8 Å². The number of rotatable bonds is 2. The summed E-state index contributed by atoms with van der Waals surface area (Å²) in [5.74, 6) is 1.73. The van der Waals surface area contributed by atoms with Crippen LogP contribution in [0.4, 0.5) is 0 Å². The van der Waals surface area contributed by atoms with Gasteiger partial charge in [-0.1, -0.05) is 24.3 Å². The van der Waals surface area contributed by atoms with Crippen molar-refractivity contribution < 1.29 is 0 Å². The van der Waals surface area contributed by atoms with Gasteiger partial charge in [0.1, 0.15) is 0 Å². The molecule has 9 heavy (non-hydrogen) atoms. The van der Waals surface area contributed by atoms with Gasteiger partial charge in [0.25, 0.3) is 0 Å². The van der Waals surface area contributed by atoms with Gasteiger partial charge >= 0.3 is 0 Å². The van der Waals surface area contributed by atoms with E-state index in [-0.39, 0.29) is 0 Å². The second-order valence-electron chi connectivity index (χ2n) is 2.61. The van der Waals surface area contributed by atoms with Crippen molar-refractivity contribution in [3.63, 3.8) is 0 Å². The zero-order valence-electron chi connectivity index (χ0n) is 6.17. The highest BCUT2D eigenvalue weighted by Gasteiger charge is 2.31. The summed E-state index contributed by atoms with van der Waals surface area (Å²) >= 11 is 0. The first-order chi connectivity index (χ1) is 4.38. The van der Waals surface area contributed by atoms with Gasteiger partial charge < -0.3 is 0 Å². The van der Waals surface area contributed by atoms with Crippen LogP contribution in [0.25, 0.3) is 0 Å². The van der Waals surface area contributed by atoms with Crippen LogP contribution in [0, 0.1) is 11.8 Å². The van der Waals surface area contributed by atoms with Gasteiger partial charge in [-0.25, -0.2) is 0 Å². The fraction of sp³-hybridized carbons (Fsp3) is 0.556. The highest BCUT2D eigenvalue weighted by atomic mass is 14.4. The minimum Gasteiger partial charge on any atom is -0.0914 e. The lowest BCUT2D eigenvalue weighted by Gasteiger charge is -1.80. The largest absolute Gasteiger partial charge is 0.0914 e. The molecule has 0 saturated heterocycles. The highest BCUT2D eigenvalue weighted by molar-refractivity contribution is 5.09. The fourth-order valence-corrected chi connectivity index (χ4v) is 1.17. The smallest absolute Gasteiger partial charge is 0.0165 e. The molecule has 0 aromatic carbocycles. The van der Waals surface area contributed by atoms with Gasteiger partial charge in [-0.15, -0.1) is 0 Å². The SMILES string of the molecule is C/C=C/[C@H]1C[C@@H]1/C=C/C. The molecule has 0 radical (unpaired) electrons. The van der Waals surface area contributed by atoms with Crippen LogP contribution in [0.5, 0.6) is 0 Å². The van der Waals surface area contributed by atoms with Crippen LogP contribution in [0.2, 0.25) is 0 Å². The summed E-state index contributed by atoms with van der Waals surface area (Å²) < 4.78 is 0. The van der Waals surface area contributed by atoms with Crippen LogP contribution in [0.15, 0.2) is 24.3 Å². The molecule has 1 aliphatic carbocycles. The number of hydrogen-bond donors (Lipinski definition) is 0. The molecule has 0 aromatic heterocycles. The molecule has 0 spiro atoms. The molecule has 0 heteroatoms. The maximum atomic E-state index is 2.30. The lowest BCUT2D eigenvalue weighted by atomic mass is 10.3. The minimum absolute atomic E-state index is 0.867. The minimum atomic E-state index is 0.867. The highest BCUT2D eigenvalue weighted by Crippen LogP contribution is 2.40. The molecule has 0 aliphatic heterocycles. The number of hydrogen-bond acceptors (Lipinski definition) is 0. The first-order valence-corrected chi connectivity index (χ1v) is 3.64. The summed E-state index contributed by atoms with van der Waals surface area (Å²) in [5, 5.41) is 0. The molecule has 0 aromatic rings. The summed E-state index contributed by atoms with van der Waals surface area (Å²) in [5.41, 5.74) is 0. The lowest BCUT2D eigenvalue weighted by Crippen LogP contribution is -1.69. The molecule has 1 fully saturated rings. The van der Waals surface area contributed by atoms with Crippen molar-refractivity contribution in [3.8, 4) is 0 Å². The third-order valence-corrected chi connectivity index (χ3v) is 1.77. The molecule has 50 valence electrons. The first kappa shape index (κ1) is 6.60. The number of allylic oxidation sites excluding steroid dienone is 4. The fourth-order valence-electron chi connectivity index (χ4n) is 1.17. The summed E-state index contributed by atoms with van der Waals surface area (Å²) in [7, 11) is 0. The first-order valence-electron chi connectivity index (χ1n) is 3.64. The van der Waals surface area contributed by atoms with Crippen LogP contribution >= 0.6 is 0 Å². The van der Waals surface area contributed by atoms with Crippen molar-refractivity contribution in [3.05, 3.63) is 24.3 Å². The van der Waals surface area contributed by atoms with Gasteiger partial charge in [0, 0.05) is 0 Å². The Morgan fingerprint density at radius 2 is 1.44 bits per heavy atom. The van der Waals surface area contributed by atoms with E-state index in [1.54, 1.807) is 0 Å². The van der Waals surface area contributed by atoms with E-state index in [1.165, 1.54) is 6.42 Å². The Kier molecular flexibility index (Phi) is 2.10. The van der Waals surface area contributed by atoms with E-state index in [4.69, 9.17) is 0 Å². The second-order valence-corrected chi connectivity index (χ2v) is 2.61. The summed E-state index contributed by atoms with van der Waals surface area (Å²) in [6, 6.07) is 0. The van der Waals surface area contributed by atoms with Crippen molar-refractivity contribution in [2.75, 3.05) is 0 Å². The second kappa shape index (κ2) is 2.86. The normalized spacial score (nSPS) is 34.4. The van der Waals surface area contributed by atoms with Gasteiger partial charge in [0.15, 0.2) is 0 Å². The molecule has 0 N–H and O–H groups in total. The van der Waals surface area contributed by atoms with E-state index in [0.29, 0.717) is 0 Å². The molecule has 0 heterocycles. The predicted octanol–water partition coefficient (Wildman–Crippen LogP) is 2.77. The maximum Gasteiger partial charge on any atom is -0.0165 e. The average Bonchev–Trinajstić information content (AvgIpc) is 2.50. The molecule has 1 saturated carbocycles. The van der Waals surface area contributed by atoms with Gasteiger partial charge in [0.05, 0.1) is 0 Å². The van der Waals surface area contributed by atoms with Gasteiger partial charge in [-0.3, -0.25) is 0 Å². The van der Waals surface area contributed by atoms with E-state index < -0.39 is 0 Å². The monoisotopic (exact) mass is 122 g/mol. The van der Waals surface area contributed by atoms with Crippen molar-refractivity contribution in [2.24, 2.45) is 11.8 Å². The molecule has 0 nitrogen and oxygen atoms in total. The lowest BCUT2D eigenvalue weighted by molar-refractivity contribution is 0.990. The molecule has 0 unspecified atom stereocenters. The quantitative estimate of drug-likeness (QED) is 0.494. The van der Waals surface area contributed by atoms with Crippen molar-refractivity contribution in [2.45, 2.75) is 20.3 Å². The molecule has 2 atom stereocenters.